The van der Waals surface area contributed by atoms with E-state index in [2.05, 4.69) is 0 Å². The molecule has 130 valence electrons. The van der Waals surface area contributed by atoms with E-state index in [4.69, 9.17) is 15.2 Å². The number of hydrogen-bond acceptors (Lipinski definition) is 5. The quantitative estimate of drug-likeness (QED) is 0.519. The first-order valence-corrected chi connectivity index (χ1v) is 7.42. The van der Waals surface area contributed by atoms with Crippen LogP contribution < -0.4 is 15.2 Å². The van der Waals surface area contributed by atoms with E-state index < -0.39 is 0 Å². The molecule has 24 heavy (non-hydrogen) atoms. The van der Waals surface area contributed by atoms with Crippen molar-refractivity contribution < 1.29 is 14.4 Å². The molecule has 2 aromatic rings. The highest BCUT2D eigenvalue weighted by Gasteiger charge is 2.17. The van der Waals surface area contributed by atoms with Gasteiger partial charge >= 0.3 is 0 Å². The van der Waals surface area contributed by atoms with Crippen molar-refractivity contribution in [1.29, 1.82) is 0 Å². The monoisotopic (exact) mass is 332 g/mol. The van der Waals surface area contributed by atoms with Gasteiger partial charge < -0.3 is 15.2 Å². The molecular weight excluding hydrogens is 308 g/mol. The summed E-state index contributed by atoms with van der Waals surface area (Å²) in [6.45, 7) is 7.34. The van der Waals surface area contributed by atoms with E-state index in [-0.39, 0.29) is 10.6 Å². The maximum absolute atomic E-state index is 10.7. The number of hydrogen-bond donors (Lipinski definition) is 1. The van der Waals surface area contributed by atoms with Crippen LogP contribution in [0.5, 0.6) is 11.5 Å². The number of rotatable bonds is 3. The molecule has 0 radical (unpaired) electrons. The summed E-state index contributed by atoms with van der Waals surface area (Å²) in [5.74, 6) is 1.41. The minimum absolute atomic E-state index is 0.138. The third kappa shape index (κ3) is 4.16. The number of anilines is 1. The molecule has 0 aromatic heterocycles. The van der Waals surface area contributed by atoms with E-state index in [0.717, 1.165) is 22.6 Å². The standard InChI is InChI=1S/C9H11NO3.C9H13NO/c1-6-4-5-8(13-3)7(2)9(6)10(11)12;1-6-4-5-8(11-3)7(2)9(6)10/h4-5H,1-3H3;4-5H,10H2,1-3H3. The van der Waals surface area contributed by atoms with Crippen LogP contribution in [0.2, 0.25) is 0 Å². The third-order valence-corrected chi connectivity index (χ3v) is 3.89. The number of nitrogen functional groups attached to an aromatic ring is 1. The summed E-state index contributed by atoms with van der Waals surface area (Å²) >= 11 is 0. The number of ether oxygens (including phenoxy) is 2. The number of nitro benzene ring substituents is 1. The van der Waals surface area contributed by atoms with Crippen molar-refractivity contribution in [3.63, 3.8) is 0 Å². The fourth-order valence-corrected chi connectivity index (χ4v) is 2.38. The maximum Gasteiger partial charge on any atom is 0.278 e. The normalized spacial score (nSPS) is 9.75. The van der Waals surface area contributed by atoms with Gasteiger partial charge in [0.1, 0.15) is 11.5 Å². The van der Waals surface area contributed by atoms with Gasteiger partial charge in [-0.15, -0.1) is 0 Å². The molecule has 0 aliphatic rings. The summed E-state index contributed by atoms with van der Waals surface area (Å²) in [4.78, 5) is 10.3. The molecule has 0 unspecified atom stereocenters. The van der Waals surface area contributed by atoms with Crippen LogP contribution in [-0.2, 0) is 0 Å². The zero-order valence-corrected chi connectivity index (χ0v) is 15.0. The van der Waals surface area contributed by atoms with Gasteiger partial charge in [0.15, 0.2) is 0 Å². The second-order valence-corrected chi connectivity index (χ2v) is 5.44. The van der Waals surface area contributed by atoms with Gasteiger partial charge in [-0.05, 0) is 51.5 Å². The Bertz CT molecular complexity index is 742. The van der Waals surface area contributed by atoms with Gasteiger partial charge in [0.2, 0.25) is 0 Å². The van der Waals surface area contributed by atoms with Crippen LogP contribution in [0.4, 0.5) is 11.4 Å². The summed E-state index contributed by atoms with van der Waals surface area (Å²) in [6, 6.07) is 7.31. The molecule has 6 nitrogen and oxygen atoms in total. The lowest BCUT2D eigenvalue weighted by atomic mass is 10.1. The minimum atomic E-state index is -0.382. The molecule has 0 heterocycles. The zero-order chi connectivity index (χ0) is 18.4. The van der Waals surface area contributed by atoms with Gasteiger partial charge in [-0.1, -0.05) is 6.07 Å². The van der Waals surface area contributed by atoms with Gasteiger partial charge in [0.25, 0.3) is 5.69 Å². The van der Waals surface area contributed by atoms with Crippen molar-refractivity contribution in [3.8, 4) is 11.5 Å². The fourth-order valence-electron chi connectivity index (χ4n) is 2.38. The Morgan fingerprint density at radius 2 is 1.33 bits per heavy atom. The van der Waals surface area contributed by atoms with Crippen LogP contribution in [0.25, 0.3) is 0 Å². The molecule has 6 heteroatoms. The Balaban J connectivity index is 0.000000243. The molecular formula is C18H24N2O4. The Morgan fingerprint density at radius 3 is 1.79 bits per heavy atom. The fraction of sp³-hybridized carbons (Fsp3) is 0.333. The van der Waals surface area contributed by atoms with Crippen molar-refractivity contribution in [3.05, 3.63) is 56.6 Å². The second-order valence-electron chi connectivity index (χ2n) is 5.44. The molecule has 0 bridgehead atoms. The van der Waals surface area contributed by atoms with Crippen molar-refractivity contribution >= 4 is 11.4 Å². The van der Waals surface area contributed by atoms with Crippen LogP contribution in [0.3, 0.4) is 0 Å². The summed E-state index contributed by atoms with van der Waals surface area (Å²) in [5, 5.41) is 10.7. The summed E-state index contributed by atoms with van der Waals surface area (Å²) in [5.41, 5.74) is 10.1. The molecule has 0 atom stereocenters. The predicted molar refractivity (Wildman–Crippen MR) is 96.0 cm³/mol. The summed E-state index contributed by atoms with van der Waals surface area (Å²) < 4.78 is 10.1. The van der Waals surface area contributed by atoms with Crippen LogP contribution in [0.1, 0.15) is 22.3 Å². The van der Waals surface area contributed by atoms with Gasteiger partial charge in [0, 0.05) is 16.8 Å². The average molecular weight is 332 g/mol. The van der Waals surface area contributed by atoms with Crippen LogP contribution in [0, 0.1) is 37.8 Å². The molecule has 0 fully saturated rings. The number of benzene rings is 2. The molecule has 2 rings (SSSR count). The topological polar surface area (TPSA) is 87.6 Å². The molecule has 0 aliphatic carbocycles. The Morgan fingerprint density at radius 1 is 0.875 bits per heavy atom. The number of nitro groups is 1. The summed E-state index contributed by atoms with van der Waals surface area (Å²) in [6.07, 6.45) is 0. The first kappa shape index (κ1) is 19.3. The van der Waals surface area contributed by atoms with Gasteiger partial charge in [0.05, 0.1) is 24.7 Å². The molecule has 0 saturated heterocycles. The van der Waals surface area contributed by atoms with Gasteiger partial charge in [-0.3, -0.25) is 10.1 Å². The van der Waals surface area contributed by atoms with Crippen molar-refractivity contribution in [2.24, 2.45) is 0 Å². The van der Waals surface area contributed by atoms with E-state index >= 15 is 0 Å². The van der Waals surface area contributed by atoms with E-state index in [9.17, 15) is 10.1 Å². The number of methoxy groups -OCH3 is 2. The molecule has 2 aromatic carbocycles. The molecule has 0 saturated carbocycles. The lowest BCUT2D eigenvalue weighted by molar-refractivity contribution is -0.386. The molecule has 0 aliphatic heterocycles. The largest absolute Gasteiger partial charge is 0.496 e. The molecule has 0 amide bonds. The maximum atomic E-state index is 10.7. The Hall–Kier alpha value is -2.76. The third-order valence-electron chi connectivity index (χ3n) is 3.89. The van der Waals surface area contributed by atoms with E-state index in [1.807, 2.05) is 26.0 Å². The number of aryl methyl sites for hydroxylation is 2. The highest BCUT2D eigenvalue weighted by atomic mass is 16.6. The van der Waals surface area contributed by atoms with E-state index in [1.54, 1.807) is 33.1 Å². The first-order valence-electron chi connectivity index (χ1n) is 7.42. The Kier molecular flexibility index (Phi) is 6.58. The zero-order valence-electron chi connectivity index (χ0n) is 15.0. The van der Waals surface area contributed by atoms with Crippen molar-refractivity contribution in [2.45, 2.75) is 27.7 Å². The van der Waals surface area contributed by atoms with Crippen LogP contribution in [0.15, 0.2) is 24.3 Å². The van der Waals surface area contributed by atoms with E-state index in [0.29, 0.717) is 16.9 Å². The first-order chi connectivity index (χ1) is 11.2. The van der Waals surface area contributed by atoms with Crippen LogP contribution >= 0.6 is 0 Å². The highest BCUT2D eigenvalue weighted by Crippen LogP contribution is 2.30. The minimum Gasteiger partial charge on any atom is -0.496 e. The lowest BCUT2D eigenvalue weighted by Crippen LogP contribution is -1.97. The smallest absolute Gasteiger partial charge is 0.278 e. The van der Waals surface area contributed by atoms with E-state index in [1.165, 1.54) is 7.11 Å². The number of nitrogens with zero attached hydrogens (tertiary/aromatic N) is 1. The van der Waals surface area contributed by atoms with Gasteiger partial charge in [-0.2, -0.15) is 0 Å². The summed E-state index contributed by atoms with van der Waals surface area (Å²) in [7, 11) is 3.15. The predicted octanol–water partition coefficient (Wildman–Crippen LogP) is 4.11. The Labute approximate surface area is 142 Å². The molecule has 0 spiro atoms. The van der Waals surface area contributed by atoms with Crippen molar-refractivity contribution in [2.75, 3.05) is 20.0 Å². The van der Waals surface area contributed by atoms with Crippen LogP contribution in [-0.4, -0.2) is 19.1 Å². The average Bonchev–Trinajstić information content (AvgIpc) is 2.53. The molecule has 2 N–H and O–H groups in total. The lowest BCUT2D eigenvalue weighted by Gasteiger charge is -2.08. The second kappa shape index (κ2) is 8.19. The van der Waals surface area contributed by atoms with Crippen molar-refractivity contribution in [1.82, 2.24) is 0 Å². The highest BCUT2D eigenvalue weighted by molar-refractivity contribution is 5.58. The SMILES string of the molecule is COc1ccc(C)c(N)c1C.COc1ccc(C)c([N+](=O)[O-])c1C. The number of nitrogens with two attached hydrogens (primary N) is 1. The van der Waals surface area contributed by atoms with Gasteiger partial charge in [-0.25, -0.2) is 0 Å².